The van der Waals surface area contributed by atoms with E-state index in [4.69, 9.17) is 27.9 Å². The van der Waals surface area contributed by atoms with E-state index < -0.39 is 17.6 Å². The number of pyridine rings is 1. The third kappa shape index (κ3) is 6.48. The topological polar surface area (TPSA) is 71.5 Å². The maximum atomic E-state index is 12.6. The molecular weight excluding hydrogens is 408 g/mol. The summed E-state index contributed by atoms with van der Waals surface area (Å²) in [6, 6.07) is 4.18. The molecule has 0 aliphatic heterocycles. The molecule has 2 N–H and O–H groups in total. The number of carbonyl (C=O) groups is 1. The van der Waals surface area contributed by atoms with Gasteiger partial charge in [0.05, 0.1) is 22.2 Å². The number of unbranched alkanes of at least 4 members (excludes halogenated alkanes) is 1. The second kappa shape index (κ2) is 9.14. The molecule has 0 spiro atoms. The molecule has 0 saturated heterocycles. The zero-order valence-corrected chi connectivity index (χ0v) is 15.3. The van der Waals surface area contributed by atoms with E-state index in [-0.39, 0.29) is 40.4 Å². The monoisotopic (exact) mass is 422 g/mol. The molecule has 0 aliphatic rings. The maximum Gasteiger partial charge on any atom is 0.416 e. The summed E-state index contributed by atoms with van der Waals surface area (Å²) in [6.45, 7) is 0.222. The Kier molecular flexibility index (Phi) is 7.15. The average molecular weight is 423 g/mol. The molecule has 1 aromatic heterocycles. The number of ether oxygens (including phenoxy) is 1. The molecule has 0 fully saturated rings. The normalized spacial score (nSPS) is 11.3. The number of amides is 1. The van der Waals surface area contributed by atoms with E-state index in [0.29, 0.717) is 12.8 Å². The number of benzene rings is 1. The molecule has 0 aliphatic carbocycles. The van der Waals surface area contributed by atoms with Crippen molar-refractivity contribution in [1.29, 1.82) is 0 Å². The SMILES string of the molecule is O=C(CCCCOc1c(Cl)cc(O)cc1Cl)Nc1cc(C(F)(F)F)ccn1. The highest BCUT2D eigenvalue weighted by molar-refractivity contribution is 6.37. The summed E-state index contributed by atoms with van der Waals surface area (Å²) in [5.41, 5.74) is -0.885. The number of alkyl halides is 3. The van der Waals surface area contributed by atoms with Crippen LogP contribution in [0.15, 0.2) is 30.5 Å². The number of carbonyl (C=O) groups excluding carboxylic acids is 1. The Morgan fingerprint density at radius 3 is 2.48 bits per heavy atom. The Morgan fingerprint density at radius 1 is 1.19 bits per heavy atom. The van der Waals surface area contributed by atoms with Gasteiger partial charge in [-0.05, 0) is 25.0 Å². The highest BCUT2D eigenvalue weighted by Gasteiger charge is 2.30. The van der Waals surface area contributed by atoms with Crippen LogP contribution in [0.1, 0.15) is 24.8 Å². The van der Waals surface area contributed by atoms with Crippen LogP contribution >= 0.6 is 23.2 Å². The molecule has 146 valence electrons. The zero-order chi connectivity index (χ0) is 20.0. The van der Waals surface area contributed by atoms with Crippen molar-refractivity contribution < 1.29 is 27.8 Å². The molecule has 1 aromatic carbocycles. The van der Waals surface area contributed by atoms with Crippen molar-refractivity contribution in [3.8, 4) is 11.5 Å². The van der Waals surface area contributed by atoms with E-state index in [2.05, 4.69) is 10.3 Å². The number of nitrogens with zero attached hydrogens (tertiary/aromatic N) is 1. The van der Waals surface area contributed by atoms with Crippen molar-refractivity contribution in [3.63, 3.8) is 0 Å². The fourth-order valence-electron chi connectivity index (χ4n) is 2.13. The van der Waals surface area contributed by atoms with Gasteiger partial charge in [-0.15, -0.1) is 0 Å². The van der Waals surface area contributed by atoms with Crippen LogP contribution in [-0.2, 0) is 11.0 Å². The quantitative estimate of drug-likeness (QED) is 0.593. The number of anilines is 1. The first-order valence-electron chi connectivity index (χ1n) is 7.80. The molecule has 10 heteroatoms. The van der Waals surface area contributed by atoms with E-state index in [9.17, 15) is 23.1 Å². The Hall–Kier alpha value is -2.19. The number of aromatic nitrogens is 1. The van der Waals surface area contributed by atoms with E-state index in [0.717, 1.165) is 18.3 Å². The molecule has 0 saturated carbocycles. The number of halogens is 5. The zero-order valence-electron chi connectivity index (χ0n) is 13.8. The molecule has 2 rings (SSSR count). The first-order valence-corrected chi connectivity index (χ1v) is 8.56. The Bertz CT molecular complexity index is 793. The number of hydrogen-bond donors (Lipinski definition) is 2. The van der Waals surface area contributed by atoms with Crippen LogP contribution in [-0.4, -0.2) is 22.6 Å². The van der Waals surface area contributed by atoms with Gasteiger partial charge < -0.3 is 15.2 Å². The van der Waals surface area contributed by atoms with Gasteiger partial charge in [-0.3, -0.25) is 4.79 Å². The third-order valence-electron chi connectivity index (χ3n) is 3.38. The number of nitrogens with one attached hydrogen (secondary N) is 1. The predicted molar refractivity (Wildman–Crippen MR) is 95.3 cm³/mol. The standard InChI is InChI=1S/C17H15Cl2F3N2O3/c18-12-8-11(25)9-13(19)16(12)27-6-2-1-3-15(26)24-14-7-10(4-5-23-14)17(20,21)22/h4-5,7-9,25H,1-3,6H2,(H,23,24,26). The second-order valence-corrected chi connectivity index (χ2v) is 6.33. The van der Waals surface area contributed by atoms with Crippen LogP contribution in [0.3, 0.4) is 0 Å². The minimum Gasteiger partial charge on any atom is -0.508 e. The van der Waals surface area contributed by atoms with E-state index >= 15 is 0 Å². The van der Waals surface area contributed by atoms with E-state index in [1.807, 2.05) is 0 Å². The lowest BCUT2D eigenvalue weighted by Crippen LogP contribution is -2.14. The lowest BCUT2D eigenvalue weighted by atomic mass is 10.2. The summed E-state index contributed by atoms with van der Waals surface area (Å²) in [7, 11) is 0. The highest BCUT2D eigenvalue weighted by Crippen LogP contribution is 2.36. The van der Waals surface area contributed by atoms with Gasteiger partial charge in [0.2, 0.25) is 5.91 Å². The Morgan fingerprint density at radius 2 is 1.85 bits per heavy atom. The molecular formula is C17H15Cl2F3N2O3. The van der Waals surface area contributed by atoms with Gasteiger partial charge in [-0.25, -0.2) is 4.98 Å². The smallest absolute Gasteiger partial charge is 0.416 e. The van der Waals surface area contributed by atoms with Crippen molar-refractivity contribution in [2.75, 3.05) is 11.9 Å². The molecule has 2 aromatic rings. The lowest BCUT2D eigenvalue weighted by molar-refractivity contribution is -0.137. The second-order valence-electron chi connectivity index (χ2n) is 5.52. The third-order valence-corrected chi connectivity index (χ3v) is 3.94. The molecule has 0 atom stereocenters. The Balaban J connectivity index is 1.76. The molecule has 0 bridgehead atoms. The minimum atomic E-state index is -4.50. The summed E-state index contributed by atoms with van der Waals surface area (Å²) in [4.78, 5) is 15.5. The molecule has 0 radical (unpaired) electrons. The van der Waals surface area contributed by atoms with Gasteiger partial charge in [-0.1, -0.05) is 23.2 Å². The minimum absolute atomic E-state index is 0.0817. The summed E-state index contributed by atoms with van der Waals surface area (Å²) in [5, 5.41) is 12.0. The lowest BCUT2D eigenvalue weighted by Gasteiger charge is -2.11. The highest BCUT2D eigenvalue weighted by atomic mass is 35.5. The fraction of sp³-hybridized carbons (Fsp3) is 0.294. The predicted octanol–water partition coefficient (Wildman–Crippen LogP) is 5.30. The van der Waals surface area contributed by atoms with Crippen LogP contribution in [0.25, 0.3) is 0 Å². The number of phenolic OH excluding ortho intramolecular Hbond substituents is 1. The van der Waals surface area contributed by atoms with Crippen LogP contribution in [0.4, 0.5) is 19.0 Å². The first-order chi connectivity index (χ1) is 12.7. The summed E-state index contributed by atoms with van der Waals surface area (Å²) in [6.07, 6.45) is -2.53. The van der Waals surface area contributed by atoms with Gasteiger partial charge in [0.15, 0.2) is 5.75 Å². The average Bonchev–Trinajstić information content (AvgIpc) is 2.56. The van der Waals surface area contributed by atoms with Gasteiger partial charge in [0.25, 0.3) is 0 Å². The van der Waals surface area contributed by atoms with Crippen LogP contribution < -0.4 is 10.1 Å². The number of aromatic hydroxyl groups is 1. The van der Waals surface area contributed by atoms with Crippen molar-refractivity contribution in [2.24, 2.45) is 0 Å². The molecule has 1 amide bonds. The maximum absolute atomic E-state index is 12.6. The van der Waals surface area contributed by atoms with Gasteiger partial charge in [0, 0.05) is 24.8 Å². The number of rotatable bonds is 7. The van der Waals surface area contributed by atoms with Gasteiger partial charge in [-0.2, -0.15) is 13.2 Å². The van der Waals surface area contributed by atoms with Crippen molar-refractivity contribution in [2.45, 2.75) is 25.4 Å². The molecule has 0 unspecified atom stereocenters. The van der Waals surface area contributed by atoms with Gasteiger partial charge >= 0.3 is 6.18 Å². The van der Waals surface area contributed by atoms with Crippen LogP contribution in [0.2, 0.25) is 10.0 Å². The molecule has 5 nitrogen and oxygen atoms in total. The van der Waals surface area contributed by atoms with Gasteiger partial charge in [0.1, 0.15) is 11.6 Å². The first kappa shape index (κ1) is 21.1. The van der Waals surface area contributed by atoms with Crippen LogP contribution in [0.5, 0.6) is 11.5 Å². The van der Waals surface area contributed by atoms with Crippen molar-refractivity contribution in [1.82, 2.24) is 4.98 Å². The van der Waals surface area contributed by atoms with Crippen molar-refractivity contribution >= 4 is 34.9 Å². The van der Waals surface area contributed by atoms with E-state index in [1.165, 1.54) is 12.1 Å². The van der Waals surface area contributed by atoms with Crippen LogP contribution in [0, 0.1) is 0 Å². The fourth-order valence-corrected chi connectivity index (χ4v) is 2.71. The summed E-state index contributed by atoms with van der Waals surface area (Å²) < 4.78 is 43.3. The summed E-state index contributed by atoms with van der Waals surface area (Å²) in [5.74, 6) is -0.470. The largest absolute Gasteiger partial charge is 0.508 e. The molecule has 1 heterocycles. The molecule has 27 heavy (non-hydrogen) atoms. The van der Waals surface area contributed by atoms with E-state index in [1.54, 1.807) is 0 Å². The van der Waals surface area contributed by atoms with Crippen molar-refractivity contribution in [3.05, 3.63) is 46.1 Å². The number of phenols is 1. The number of hydrogen-bond acceptors (Lipinski definition) is 4. The summed E-state index contributed by atoms with van der Waals surface area (Å²) >= 11 is 11.8. The Labute approximate surface area is 163 Å².